The maximum atomic E-state index is 13.4. The second-order valence-electron chi connectivity index (χ2n) is 9.48. The highest BCUT2D eigenvalue weighted by molar-refractivity contribution is 6.00. The molecule has 0 saturated heterocycles. The van der Waals surface area contributed by atoms with Crippen molar-refractivity contribution in [3.8, 4) is 11.1 Å². The number of carbonyl (C=O) groups excluding carboxylic acids is 2. The van der Waals surface area contributed by atoms with Gasteiger partial charge in [-0.3, -0.25) is 19.4 Å². The summed E-state index contributed by atoms with van der Waals surface area (Å²) in [4.78, 5) is 26.5. The number of nitrogens with one attached hydrogen (secondary N) is 3. The Morgan fingerprint density at radius 3 is 2.38 bits per heavy atom. The number of aromatic nitrogens is 4. The van der Waals surface area contributed by atoms with Crippen LogP contribution >= 0.6 is 0 Å². The summed E-state index contributed by atoms with van der Waals surface area (Å²) in [5.41, 5.74) is 5.24. The van der Waals surface area contributed by atoms with Gasteiger partial charge < -0.3 is 10.6 Å². The lowest BCUT2D eigenvalue weighted by molar-refractivity contribution is -0.119. The van der Waals surface area contributed by atoms with Crippen molar-refractivity contribution in [2.75, 3.05) is 5.32 Å². The van der Waals surface area contributed by atoms with Crippen LogP contribution in [0.5, 0.6) is 0 Å². The van der Waals surface area contributed by atoms with E-state index in [1.165, 1.54) is 6.42 Å². The number of aryl methyl sites for hydroxylation is 2. The highest BCUT2D eigenvalue weighted by atomic mass is 16.2. The van der Waals surface area contributed by atoms with Gasteiger partial charge in [0.2, 0.25) is 5.91 Å². The smallest absolute Gasteiger partial charge is 0.270 e. The van der Waals surface area contributed by atoms with E-state index in [9.17, 15) is 9.59 Å². The predicted molar refractivity (Wildman–Crippen MR) is 133 cm³/mol. The third kappa shape index (κ3) is 5.05. The van der Waals surface area contributed by atoms with E-state index in [1.54, 1.807) is 16.9 Å². The summed E-state index contributed by atoms with van der Waals surface area (Å²) in [5, 5.41) is 17.6. The summed E-state index contributed by atoms with van der Waals surface area (Å²) < 4.78 is 1.68. The van der Waals surface area contributed by atoms with E-state index in [0.717, 1.165) is 48.2 Å². The first-order valence-electron chi connectivity index (χ1n) is 12.1. The summed E-state index contributed by atoms with van der Waals surface area (Å²) in [6.07, 6.45) is 6.81. The number of hydrogen-bond donors (Lipinski definition) is 3. The van der Waals surface area contributed by atoms with Crippen molar-refractivity contribution < 1.29 is 9.59 Å². The minimum absolute atomic E-state index is 0.0544. The molecule has 0 bridgehead atoms. The topological polar surface area (TPSA) is 105 Å². The lowest BCUT2D eigenvalue weighted by atomic mass is 9.83. The molecular weight excluding hydrogens is 428 g/mol. The van der Waals surface area contributed by atoms with Crippen LogP contribution in [0.2, 0.25) is 0 Å². The van der Waals surface area contributed by atoms with Gasteiger partial charge in [0.05, 0.1) is 5.69 Å². The number of hydrogen-bond acceptors (Lipinski definition) is 4. The second-order valence-corrected chi connectivity index (χ2v) is 9.48. The zero-order chi connectivity index (χ0) is 24.2. The Morgan fingerprint density at radius 1 is 1.06 bits per heavy atom. The van der Waals surface area contributed by atoms with Crippen molar-refractivity contribution in [1.82, 2.24) is 25.3 Å². The molecule has 1 saturated carbocycles. The van der Waals surface area contributed by atoms with E-state index >= 15 is 0 Å². The molecule has 3 aromatic rings. The van der Waals surface area contributed by atoms with Crippen molar-refractivity contribution in [2.45, 2.75) is 71.9 Å². The first kappa shape index (κ1) is 23.7. The van der Waals surface area contributed by atoms with Gasteiger partial charge in [0.25, 0.3) is 5.91 Å². The lowest BCUT2D eigenvalue weighted by Gasteiger charge is -2.30. The molecule has 1 atom stereocenters. The van der Waals surface area contributed by atoms with Crippen molar-refractivity contribution in [3.63, 3.8) is 0 Å². The largest absolute Gasteiger partial charge is 0.339 e. The fourth-order valence-corrected chi connectivity index (χ4v) is 4.90. The number of benzene rings is 1. The second kappa shape index (κ2) is 10.2. The number of anilines is 1. The van der Waals surface area contributed by atoms with Gasteiger partial charge in [-0.15, -0.1) is 0 Å². The van der Waals surface area contributed by atoms with Crippen LogP contribution in [-0.4, -0.2) is 37.8 Å². The Labute approximate surface area is 200 Å². The predicted octanol–water partition coefficient (Wildman–Crippen LogP) is 4.79. The molecule has 0 spiro atoms. The summed E-state index contributed by atoms with van der Waals surface area (Å²) in [6.45, 7) is 7.92. The van der Waals surface area contributed by atoms with E-state index in [1.807, 2.05) is 52.0 Å². The molecule has 0 unspecified atom stereocenters. The van der Waals surface area contributed by atoms with Gasteiger partial charge in [0.1, 0.15) is 11.7 Å². The zero-order valence-corrected chi connectivity index (χ0v) is 20.4. The maximum absolute atomic E-state index is 13.4. The Bertz CT molecular complexity index is 1120. The summed E-state index contributed by atoms with van der Waals surface area (Å²) in [7, 11) is 0. The minimum Gasteiger partial charge on any atom is -0.339 e. The molecule has 3 N–H and O–H groups in total. The van der Waals surface area contributed by atoms with Crippen LogP contribution in [0.3, 0.4) is 0 Å². The number of nitrogens with zero attached hydrogens (tertiary/aromatic N) is 3. The molecular formula is C26H34N6O2. The van der Waals surface area contributed by atoms with E-state index in [4.69, 9.17) is 0 Å². The molecule has 1 aliphatic rings. The minimum atomic E-state index is -0.596. The highest BCUT2D eigenvalue weighted by Gasteiger charge is 2.32. The number of aromatic amines is 1. The van der Waals surface area contributed by atoms with Crippen molar-refractivity contribution in [2.24, 2.45) is 5.92 Å². The van der Waals surface area contributed by atoms with Gasteiger partial charge in [0, 0.05) is 29.2 Å². The van der Waals surface area contributed by atoms with Crippen molar-refractivity contribution in [1.29, 1.82) is 0 Å². The monoisotopic (exact) mass is 462 g/mol. The average Bonchev–Trinajstić information content (AvgIpc) is 3.45. The molecule has 1 aliphatic carbocycles. The highest BCUT2D eigenvalue weighted by Crippen LogP contribution is 2.29. The van der Waals surface area contributed by atoms with Gasteiger partial charge in [-0.05, 0) is 70.2 Å². The van der Waals surface area contributed by atoms with Crippen LogP contribution < -0.4 is 10.6 Å². The van der Waals surface area contributed by atoms with Gasteiger partial charge >= 0.3 is 0 Å². The molecule has 180 valence electrons. The molecule has 0 aliphatic heterocycles. The van der Waals surface area contributed by atoms with E-state index in [-0.39, 0.29) is 23.8 Å². The van der Waals surface area contributed by atoms with Crippen LogP contribution in [0.25, 0.3) is 11.1 Å². The van der Waals surface area contributed by atoms with Crippen molar-refractivity contribution >= 4 is 17.5 Å². The van der Waals surface area contributed by atoms with Gasteiger partial charge in [-0.2, -0.15) is 10.2 Å². The Balaban J connectivity index is 1.51. The van der Waals surface area contributed by atoms with Gasteiger partial charge in [0.15, 0.2) is 0 Å². The molecule has 8 nitrogen and oxygen atoms in total. The fourth-order valence-electron chi connectivity index (χ4n) is 4.90. The van der Waals surface area contributed by atoms with Crippen LogP contribution in [0.15, 0.2) is 36.5 Å². The first-order valence-corrected chi connectivity index (χ1v) is 12.1. The molecule has 1 aromatic carbocycles. The zero-order valence-electron chi connectivity index (χ0n) is 20.4. The maximum Gasteiger partial charge on any atom is 0.270 e. The van der Waals surface area contributed by atoms with Crippen LogP contribution in [0.1, 0.15) is 73.9 Å². The fraction of sp³-hybridized carbons (Fsp3) is 0.462. The SMILES string of the molecule is Cc1n[nH]c(C)c1-c1ccc(NC(=O)[C@@H](NC(=O)c2ccnn2C(C)C)C2CCCCC2)cc1. The number of carbonyl (C=O) groups is 2. The lowest BCUT2D eigenvalue weighted by Crippen LogP contribution is -2.49. The molecule has 2 heterocycles. The van der Waals surface area contributed by atoms with Crippen LogP contribution in [-0.2, 0) is 4.79 Å². The summed E-state index contributed by atoms with van der Waals surface area (Å²) >= 11 is 0. The van der Waals surface area contributed by atoms with E-state index in [0.29, 0.717) is 11.4 Å². The molecule has 8 heteroatoms. The molecule has 1 fully saturated rings. The Hall–Kier alpha value is -3.42. The third-order valence-electron chi connectivity index (χ3n) is 6.65. The quantitative estimate of drug-likeness (QED) is 0.469. The van der Waals surface area contributed by atoms with Gasteiger partial charge in [-0.25, -0.2) is 0 Å². The average molecular weight is 463 g/mol. The number of amides is 2. The molecule has 34 heavy (non-hydrogen) atoms. The number of H-pyrrole nitrogens is 1. The normalized spacial score (nSPS) is 15.3. The molecule has 0 radical (unpaired) electrons. The third-order valence-corrected chi connectivity index (χ3v) is 6.65. The summed E-state index contributed by atoms with van der Waals surface area (Å²) in [5.74, 6) is -0.332. The molecule has 2 amide bonds. The summed E-state index contributed by atoms with van der Waals surface area (Å²) in [6, 6.07) is 8.91. The first-order chi connectivity index (χ1) is 16.3. The van der Waals surface area contributed by atoms with E-state index in [2.05, 4.69) is 25.9 Å². The van der Waals surface area contributed by atoms with Crippen LogP contribution in [0.4, 0.5) is 5.69 Å². The van der Waals surface area contributed by atoms with Gasteiger partial charge in [-0.1, -0.05) is 31.4 Å². The number of rotatable bonds is 7. The van der Waals surface area contributed by atoms with Crippen LogP contribution in [0, 0.1) is 19.8 Å². The Morgan fingerprint density at radius 2 is 1.76 bits per heavy atom. The molecule has 2 aromatic heterocycles. The Kier molecular flexibility index (Phi) is 7.14. The van der Waals surface area contributed by atoms with E-state index < -0.39 is 6.04 Å². The standard InChI is InChI=1S/C26H34N6O2/c1-16(2)32-22(14-15-27-32)25(33)29-24(20-8-6-5-7-9-20)26(34)28-21-12-10-19(11-13-21)23-17(3)30-31-18(23)4/h10-16,20,24H,5-9H2,1-4H3,(H,28,34)(H,29,33)(H,30,31)/t24-/m0/s1. The molecule has 4 rings (SSSR count). The van der Waals surface area contributed by atoms with Crippen molar-refractivity contribution in [3.05, 3.63) is 53.6 Å².